The van der Waals surface area contributed by atoms with Gasteiger partial charge in [0.25, 0.3) is 5.91 Å². The molecule has 1 unspecified atom stereocenters. The Kier molecular flexibility index (Phi) is 7.70. The fraction of sp³-hybridized carbons (Fsp3) is 0.467. The molecule has 1 aromatic rings. The van der Waals surface area contributed by atoms with E-state index in [2.05, 4.69) is 4.74 Å². The van der Waals surface area contributed by atoms with Crippen LogP contribution >= 0.6 is 11.6 Å². The van der Waals surface area contributed by atoms with Crippen molar-refractivity contribution >= 4 is 23.5 Å². The Morgan fingerprint density at radius 1 is 1.36 bits per heavy atom. The number of hydrogen-bond donors (Lipinski definition) is 1. The lowest BCUT2D eigenvalue weighted by atomic mass is 10.3. The molecule has 1 atom stereocenters. The molecule has 22 heavy (non-hydrogen) atoms. The summed E-state index contributed by atoms with van der Waals surface area (Å²) in [5.74, 6) is -0.359. The molecule has 0 heterocycles. The maximum atomic E-state index is 12.2. The van der Waals surface area contributed by atoms with Crippen molar-refractivity contribution in [3.05, 3.63) is 29.3 Å². The van der Waals surface area contributed by atoms with Gasteiger partial charge in [-0.2, -0.15) is 0 Å². The molecule has 0 saturated carbocycles. The number of nitrogens with zero attached hydrogens (tertiary/aromatic N) is 1. The van der Waals surface area contributed by atoms with Crippen LogP contribution < -0.4 is 4.74 Å². The number of aliphatic hydroxyl groups excluding tert-OH is 1. The molecular formula is C15H20ClNO5. The molecule has 122 valence electrons. The fourth-order valence-corrected chi connectivity index (χ4v) is 1.95. The van der Waals surface area contributed by atoms with E-state index in [4.69, 9.17) is 16.3 Å². The van der Waals surface area contributed by atoms with Crippen LogP contribution in [0.25, 0.3) is 0 Å². The third-order valence-electron chi connectivity index (χ3n) is 2.84. The van der Waals surface area contributed by atoms with Gasteiger partial charge in [0.05, 0.1) is 24.7 Å². The molecule has 7 heteroatoms. The van der Waals surface area contributed by atoms with Gasteiger partial charge < -0.3 is 19.5 Å². The van der Waals surface area contributed by atoms with Crippen LogP contribution in [0.5, 0.6) is 5.75 Å². The molecule has 0 aliphatic carbocycles. The van der Waals surface area contributed by atoms with Crippen LogP contribution in [0, 0.1) is 0 Å². The van der Waals surface area contributed by atoms with Crippen LogP contribution in [-0.4, -0.2) is 54.8 Å². The first-order valence-corrected chi connectivity index (χ1v) is 7.21. The van der Waals surface area contributed by atoms with Crippen molar-refractivity contribution in [2.24, 2.45) is 0 Å². The largest absolute Gasteiger partial charge is 0.482 e. The van der Waals surface area contributed by atoms with E-state index in [1.807, 2.05) is 0 Å². The molecular weight excluding hydrogens is 310 g/mol. The first kappa shape index (κ1) is 18.3. The number of esters is 1. The molecule has 0 spiro atoms. The van der Waals surface area contributed by atoms with Gasteiger partial charge in [0.1, 0.15) is 5.75 Å². The number of ether oxygens (including phenoxy) is 2. The lowest BCUT2D eigenvalue weighted by Crippen LogP contribution is -2.40. The van der Waals surface area contributed by atoms with Crippen molar-refractivity contribution < 1.29 is 24.2 Å². The summed E-state index contributed by atoms with van der Waals surface area (Å²) in [6.07, 6.45) is -0.650. The minimum Gasteiger partial charge on any atom is -0.482 e. The quantitative estimate of drug-likeness (QED) is 0.731. The Morgan fingerprint density at radius 2 is 2.05 bits per heavy atom. The van der Waals surface area contributed by atoms with Crippen LogP contribution in [-0.2, 0) is 14.3 Å². The summed E-state index contributed by atoms with van der Waals surface area (Å²) >= 11 is 5.94. The van der Waals surface area contributed by atoms with Crippen molar-refractivity contribution in [3.63, 3.8) is 0 Å². The summed E-state index contributed by atoms with van der Waals surface area (Å²) < 4.78 is 9.92. The topological polar surface area (TPSA) is 76.1 Å². The second-order valence-corrected chi connectivity index (χ2v) is 5.14. The number of benzene rings is 1. The maximum absolute atomic E-state index is 12.2. The number of carbonyl (C=O) groups excluding carboxylic acids is 2. The fourth-order valence-electron chi connectivity index (χ4n) is 1.76. The first-order valence-electron chi connectivity index (χ1n) is 6.84. The highest BCUT2D eigenvalue weighted by Gasteiger charge is 2.18. The number of rotatable bonds is 8. The molecule has 6 nitrogen and oxygen atoms in total. The van der Waals surface area contributed by atoms with Gasteiger partial charge >= 0.3 is 5.97 Å². The molecule has 0 aliphatic heterocycles. The third-order valence-corrected chi connectivity index (χ3v) is 3.15. The zero-order valence-electron chi connectivity index (χ0n) is 12.6. The number of hydrogen-bond acceptors (Lipinski definition) is 5. The Hall–Kier alpha value is -1.79. The van der Waals surface area contributed by atoms with E-state index < -0.39 is 12.1 Å². The van der Waals surface area contributed by atoms with E-state index in [1.54, 1.807) is 31.2 Å². The number of halogens is 1. The molecule has 1 amide bonds. The zero-order chi connectivity index (χ0) is 16.5. The van der Waals surface area contributed by atoms with E-state index in [1.165, 1.54) is 12.0 Å². The molecule has 1 N–H and O–H groups in total. The Bertz CT molecular complexity index is 506. The lowest BCUT2D eigenvalue weighted by molar-refractivity contribution is -0.142. The summed E-state index contributed by atoms with van der Waals surface area (Å²) in [6, 6.07) is 6.82. The highest BCUT2D eigenvalue weighted by molar-refractivity contribution is 6.32. The first-order chi connectivity index (χ1) is 10.4. The van der Waals surface area contributed by atoms with Crippen LogP contribution in [0.4, 0.5) is 0 Å². The van der Waals surface area contributed by atoms with E-state index in [9.17, 15) is 14.7 Å². The van der Waals surface area contributed by atoms with Gasteiger partial charge in [0, 0.05) is 13.1 Å². The lowest BCUT2D eigenvalue weighted by Gasteiger charge is -2.23. The number of carbonyl (C=O) groups is 2. The second kappa shape index (κ2) is 9.27. The van der Waals surface area contributed by atoms with Gasteiger partial charge in [0.15, 0.2) is 6.61 Å². The molecule has 0 radical (unpaired) electrons. The maximum Gasteiger partial charge on any atom is 0.307 e. The highest BCUT2D eigenvalue weighted by Crippen LogP contribution is 2.22. The number of amides is 1. The van der Waals surface area contributed by atoms with E-state index in [-0.39, 0.29) is 32.0 Å². The predicted octanol–water partition coefficient (Wildman–Crippen LogP) is 1.49. The van der Waals surface area contributed by atoms with Crippen molar-refractivity contribution in [1.29, 1.82) is 0 Å². The van der Waals surface area contributed by atoms with Crippen molar-refractivity contribution in [2.75, 3.05) is 26.8 Å². The minimum atomic E-state index is -0.707. The van der Waals surface area contributed by atoms with Crippen LogP contribution in [0.3, 0.4) is 0 Å². The summed E-state index contributed by atoms with van der Waals surface area (Å²) in [7, 11) is 1.28. The molecule has 0 aliphatic rings. The summed E-state index contributed by atoms with van der Waals surface area (Å²) in [5.41, 5.74) is 0. The predicted molar refractivity (Wildman–Crippen MR) is 81.8 cm³/mol. The van der Waals surface area contributed by atoms with E-state index in [0.29, 0.717) is 10.8 Å². The van der Waals surface area contributed by atoms with Crippen molar-refractivity contribution in [1.82, 2.24) is 4.90 Å². The Balaban J connectivity index is 2.59. The highest BCUT2D eigenvalue weighted by atomic mass is 35.5. The van der Waals surface area contributed by atoms with Gasteiger partial charge in [0.2, 0.25) is 0 Å². The molecule has 0 fully saturated rings. The SMILES string of the molecule is COC(=O)CCN(CC(C)O)C(=O)COc1ccccc1Cl. The van der Waals surface area contributed by atoms with Crippen LogP contribution in [0.15, 0.2) is 24.3 Å². The Morgan fingerprint density at radius 3 is 2.64 bits per heavy atom. The van der Waals surface area contributed by atoms with Crippen molar-refractivity contribution in [3.8, 4) is 5.75 Å². The second-order valence-electron chi connectivity index (χ2n) is 4.73. The van der Waals surface area contributed by atoms with Gasteiger partial charge in [-0.05, 0) is 19.1 Å². The minimum absolute atomic E-state index is 0.0566. The van der Waals surface area contributed by atoms with E-state index >= 15 is 0 Å². The van der Waals surface area contributed by atoms with Gasteiger partial charge in [-0.15, -0.1) is 0 Å². The summed E-state index contributed by atoms with van der Waals surface area (Å²) in [4.78, 5) is 24.7. The zero-order valence-corrected chi connectivity index (χ0v) is 13.4. The summed E-state index contributed by atoms with van der Waals surface area (Å²) in [6.45, 7) is 1.61. The molecule has 0 bridgehead atoms. The average molecular weight is 330 g/mol. The van der Waals surface area contributed by atoms with E-state index in [0.717, 1.165) is 0 Å². The smallest absolute Gasteiger partial charge is 0.307 e. The Labute approximate surface area is 134 Å². The summed E-state index contributed by atoms with van der Waals surface area (Å²) in [5, 5.41) is 9.86. The van der Waals surface area contributed by atoms with Crippen LogP contribution in [0.2, 0.25) is 5.02 Å². The number of para-hydroxylation sites is 1. The third kappa shape index (κ3) is 6.32. The van der Waals surface area contributed by atoms with Gasteiger partial charge in [-0.1, -0.05) is 23.7 Å². The average Bonchev–Trinajstić information content (AvgIpc) is 2.49. The normalized spacial score (nSPS) is 11.6. The standard InChI is InChI=1S/C15H20ClNO5/c1-11(18)9-17(8-7-15(20)21-2)14(19)10-22-13-6-4-3-5-12(13)16/h3-6,11,18H,7-10H2,1-2H3. The number of aliphatic hydroxyl groups is 1. The van der Waals surface area contributed by atoms with Crippen LogP contribution in [0.1, 0.15) is 13.3 Å². The molecule has 1 rings (SSSR count). The number of methoxy groups -OCH3 is 1. The monoisotopic (exact) mass is 329 g/mol. The van der Waals surface area contributed by atoms with Crippen molar-refractivity contribution in [2.45, 2.75) is 19.4 Å². The molecule has 1 aromatic carbocycles. The molecule has 0 aromatic heterocycles. The molecule has 0 saturated heterocycles. The van der Waals surface area contributed by atoms with Gasteiger partial charge in [-0.25, -0.2) is 0 Å². The van der Waals surface area contributed by atoms with Gasteiger partial charge in [-0.3, -0.25) is 9.59 Å².